The molecular weight excluding hydrogens is 397 g/mol. The molecule has 0 aliphatic heterocycles. The van der Waals surface area contributed by atoms with E-state index in [-0.39, 0.29) is 28.7 Å². The fourth-order valence-electron chi connectivity index (χ4n) is 1.59. The van der Waals surface area contributed by atoms with Crippen molar-refractivity contribution in [1.29, 1.82) is 0 Å². The Bertz CT molecular complexity index is 297. The number of rotatable bonds is 10. The number of aliphatic imine (C=N–C) groups is 1. The highest BCUT2D eigenvalue weighted by molar-refractivity contribution is 14.0. The number of hydrogen-bond donors (Lipinski definition) is 2. The van der Waals surface area contributed by atoms with Gasteiger partial charge in [0, 0.05) is 31.1 Å². The highest BCUT2D eigenvalue weighted by Gasteiger charge is 2.20. The first-order valence-electron chi connectivity index (χ1n) is 7.72. The third-order valence-corrected chi connectivity index (χ3v) is 4.56. The molecule has 0 aromatic carbocycles. The molecule has 0 radical (unpaired) electrons. The van der Waals surface area contributed by atoms with Crippen LogP contribution in [0.15, 0.2) is 4.99 Å². The SMILES string of the molecule is CCNC(=NCC(C)(C)SC)NCCCOCC1CC1.I. The van der Waals surface area contributed by atoms with E-state index < -0.39 is 0 Å². The zero-order valence-electron chi connectivity index (χ0n) is 13.9. The Morgan fingerprint density at radius 2 is 2.05 bits per heavy atom. The van der Waals surface area contributed by atoms with Gasteiger partial charge in [0.25, 0.3) is 0 Å². The van der Waals surface area contributed by atoms with Crippen molar-refractivity contribution in [2.45, 2.75) is 44.8 Å². The molecule has 1 aliphatic carbocycles. The first kappa shape index (κ1) is 21.3. The van der Waals surface area contributed by atoms with Gasteiger partial charge < -0.3 is 15.4 Å². The van der Waals surface area contributed by atoms with Gasteiger partial charge in [0.2, 0.25) is 0 Å². The molecule has 1 aliphatic rings. The van der Waals surface area contributed by atoms with Crippen molar-refractivity contribution in [2.75, 3.05) is 39.1 Å². The summed E-state index contributed by atoms with van der Waals surface area (Å²) < 4.78 is 5.82. The Hall–Kier alpha value is 0.310. The van der Waals surface area contributed by atoms with Gasteiger partial charge in [0.15, 0.2) is 5.96 Å². The molecule has 1 fully saturated rings. The number of thioether (sulfide) groups is 1. The smallest absolute Gasteiger partial charge is 0.191 e. The molecule has 6 heteroatoms. The lowest BCUT2D eigenvalue weighted by molar-refractivity contribution is 0.123. The van der Waals surface area contributed by atoms with E-state index >= 15 is 0 Å². The Balaban J connectivity index is 0.00000400. The molecule has 0 saturated heterocycles. The molecule has 0 amide bonds. The second kappa shape index (κ2) is 11.8. The molecular formula is C15H32IN3OS. The zero-order valence-corrected chi connectivity index (χ0v) is 17.1. The molecule has 0 bridgehead atoms. The summed E-state index contributed by atoms with van der Waals surface area (Å²) in [4.78, 5) is 4.64. The maximum Gasteiger partial charge on any atom is 0.191 e. The Morgan fingerprint density at radius 1 is 1.33 bits per heavy atom. The topological polar surface area (TPSA) is 45.7 Å². The van der Waals surface area contributed by atoms with Crippen LogP contribution in [0.4, 0.5) is 0 Å². The second-order valence-corrected chi connectivity index (χ2v) is 7.47. The molecule has 0 aromatic rings. The number of halogens is 1. The Labute approximate surface area is 151 Å². The van der Waals surface area contributed by atoms with E-state index in [0.29, 0.717) is 0 Å². The average Bonchev–Trinajstić information content (AvgIpc) is 3.24. The van der Waals surface area contributed by atoms with E-state index in [0.717, 1.165) is 51.1 Å². The average molecular weight is 429 g/mol. The predicted molar refractivity (Wildman–Crippen MR) is 105 cm³/mol. The quantitative estimate of drug-likeness (QED) is 0.243. The standard InChI is InChI=1S/C15H31N3OS.HI/c1-5-16-14(18-12-15(2,3)20-4)17-9-6-10-19-11-13-7-8-13;/h13H,5-12H2,1-4H3,(H2,16,17,18);1H. The predicted octanol–water partition coefficient (Wildman–Crippen LogP) is 3.12. The largest absolute Gasteiger partial charge is 0.381 e. The number of nitrogens with one attached hydrogen (secondary N) is 2. The lowest BCUT2D eigenvalue weighted by Gasteiger charge is -2.20. The van der Waals surface area contributed by atoms with Crippen molar-refractivity contribution in [3.8, 4) is 0 Å². The van der Waals surface area contributed by atoms with Crippen LogP contribution < -0.4 is 10.6 Å². The van der Waals surface area contributed by atoms with Crippen LogP contribution in [-0.2, 0) is 4.74 Å². The van der Waals surface area contributed by atoms with E-state index in [9.17, 15) is 0 Å². The van der Waals surface area contributed by atoms with Gasteiger partial charge in [-0.2, -0.15) is 11.8 Å². The summed E-state index contributed by atoms with van der Waals surface area (Å²) in [5, 5.41) is 6.66. The summed E-state index contributed by atoms with van der Waals surface area (Å²) in [5.41, 5.74) is 0. The van der Waals surface area contributed by atoms with Crippen LogP contribution in [0, 0.1) is 5.92 Å². The second-order valence-electron chi connectivity index (χ2n) is 5.96. The molecule has 4 nitrogen and oxygen atoms in total. The van der Waals surface area contributed by atoms with Gasteiger partial charge >= 0.3 is 0 Å². The van der Waals surface area contributed by atoms with Crippen LogP contribution >= 0.6 is 35.7 Å². The van der Waals surface area contributed by atoms with E-state index in [1.54, 1.807) is 0 Å². The summed E-state index contributed by atoms with van der Waals surface area (Å²) in [6.45, 7) is 11.0. The Morgan fingerprint density at radius 3 is 2.62 bits per heavy atom. The normalized spacial score (nSPS) is 15.5. The van der Waals surface area contributed by atoms with E-state index in [1.165, 1.54) is 12.8 Å². The van der Waals surface area contributed by atoms with Gasteiger partial charge in [-0.15, -0.1) is 24.0 Å². The number of nitrogens with zero attached hydrogens (tertiary/aromatic N) is 1. The van der Waals surface area contributed by atoms with Crippen molar-refractivity contribution in [1.82, 2.24) is 10.6 Å². The van der Waals surface area contributed by atoms with Gasteiger partial charge in [0.05, 0.1) is 6.54 Å². The van der Waals surface area contributed by atoms with Crippen LogP contribution in [0.2, 0.25) is 0 Å². The third kappa shape index (κ3) is 11.5. The minimum absolute atomic E-state index is 0. The zero-order chi connectivity index (χ0) is 14.8. The molecule has 0 heterocycles. The summed E-state index contributed by atoms with van der Waals surface area (Å²) in [6, 6.07) is 0. The summed E-state index contributed by atoms with van der Waals surface area (Å²) in [6.07, 6.45) is 5.89. The molecule has 0 spiro atoms. The first-order chi connectivity index (χ1) is 9.57. The first-order valence-corrected chi connectivity index (χ1v) is 8.95. The monoisotopic (exact) mass is 429 g/mol. The maximum atomic E-state index is 5.63. The molecule has 0 atom stereocenters. The fourth-order valence-corrected chi connectivity index (χ4v) is 1.78. The van der Waals surface area contributed by atoms with Crippen LogP contribution in [-0.4, -0.2) is 49.8 Å². The maximum absolute atomic E-state index is 5.63. The minimum atomic E-state index is 0. The van der Waals surface area contributed by atoms with Crippen LogP contribution in [0.25, 0.3) is 0 Å². The highest BCUT2D eigenvalue weighted by Crippen LogP contribution is 2.28. The van der Waals surface area contributed by atoms with Crippen molar-refractivity contribution in [3.63, 3.8) is 0 Å². The molecule has 0 unspecified atom stereocenters. The lowest BCUT2D eigenvalue weighted by atomic mass is 10.2. The van der Waals surface area contributed by atoms with Gasteiger partial charge in [0.1, 0.15) is 0 Å². The van der Waals surface area contributed by atoms with Crippen molar-refractivity contribution < 1.29 is 4.74 Å². The fraction of sp³-hybridized carbons (Fsp3) is 0.933. The van der Waals surface area contributed by atoms with Crippen LogP contribution in [0.5, 0.6) is 0 Å². The number of ether oxygens (including phenoxy) is 1. The summed E-state index contributed by atoms with van der Waals surface area (Å²) in [7, 11) is 0. The molecule has 1 saturated carbocycles. The minimum Gasteiger partial charge on any atom is -0.381 e. The van der Waals surface area contributed by atoms with Crippen molar-refractivity contribution in [2.24, 2.45) is 10.9 Å². The third-order valence-electron chi connectivity index (χ3n) is 3.32. The van der Waals surface area contributed by atoms with E-state index in [4.69, 9.17) is 4.74 Å². The highest BCUT2D eigenvalue weighted by atomic mass is 127. The lowest BCUT2D eigenvalue weighted by Crippen LogP contribution is -2.39. The molecule has 1 rings (SSSR count). The van der Waals surface area contributed by atoms with Gasteiger partial charge in [-0.05, 0) is 52.2 Å². The molecule has 21 heavy (non-hydrogen) atoms. The Kier molecular flexibility index (Phi) is 12.0. The van der Waals surface area contributed by atoms with E-state index in [2.05, 4.69) is 42.7 Å². The summed E-state index contributed by atoms with van der Waals surface area (Å²) >= 11 is 1.85. The summed E-state index contributed by atoms with van der Waals surface area (Å²) in [5.74, 6) is 1.77. The molecule has 2 N–H and O–H groups in total. The molecule has 126 valence electrons. The van der Waals surface area contributed by atoms with Crippen molar-refractivity contribution in [3.05, 3.63) is 0 Å². The number of hydrogen-bond acceptors (Lipinski definition) is 3. The van der Waals surface area contributed by atoms with Crippen LogP contribution in [0.3, 0.4) is 0 Å². The van der Waals surface area contributed by atoms with E-state index in [1.807, 2.05) is 11.8 Å². The van der Waals surface area contributed by atoms with Gasteiger partial charge in [-0.1, -0.05) is 0 Å². The number of guanidine groups is 1. The molecule has 0 aromatic heterocycles. The van der Waals surface area contributed by atoms with Gasteiger partial charge in [-0.25, -0.2) is 0 Å². The van der Waals surface area contributed by atoms with Gasteiger partial charge in [-0.3, -0.25) is 4.99 Å². The van der Waals surface area contributed by atoms with Crippen molar-refractivity contribution >= 4 is 41.7 Å². The van der Waals surface area contributed by atoms with Crippen LogP contribution in [0.1, 0.15) is 40.0 Å².